The number of isothiocyanates is 1. The number of aliphatic hydroxyl groups excluding tert-OH is 4. The molecule has 7 heteroatoms. The highest BCUT2D eigenvalue weighted by molar-refractivity contribution is 7.78. The van der Waals surface area contributed by atoms with Crippen molar-refractivity contribution in [3.63, 3.8) is 0 Å². The Kier molecular flexibility index (Phi) is 6.90. The second-order valence-electron chi connectivity index (χ2n) is 4.24. The van der Waals surface area contributed by atoms with E-state index in [0.717, 1.165) is 5.69 Å². The second-order valence-corrected chi connectivity index (χ2v) is 4.42. The van der Waals surface area contributed by atoms with Gasteiger partial charge in [0.15, 0.2) is 6.29 Å². The SMILES string of the molecule is C[C@H]1O[C@H](O)[C@@H](O)[C@@H](O)[C@@H]1O.S=C=Nc1ccccc1. The van der Waals surface area contributed by atoms with E-state index < -0.39 is 30.7 Å². The van der Waals surface area contributed by atoms with Gasteiger partial charge in [0.25, 0.3) is 0 Å². The van der Waals surface area contributed by atoms with Crippen LogP contribution in [0.4, 0.5) is 5.69 Å². The van der Waals surface area contributed by atoms with Crippen LogP contribution in [0.15, 0.2) is 35.3 Å². The minimum absolute atomic E-state index is 0.664. The van der Waals surface area contributed by atoms with Crippen molar-refractivity contribution in [3.8, 4) is 0 Å². The topological polar surface area (TPSA) is 103 Å². The smallest absolute Gasteiger partial charge is 0.183 e. The summed E-state index contributed by atoms with van der Waals surface area (Å²) in [5.41, 5.74) is 0.854. The van der Waals surface area contributed by atoms with Crippen molar-refractivity contribution < 1.29 is 25.2 Å². The fourth-order valence-corrected chi connectivity index (χ4v) is 1.69. The molecule has 1 heterocycles. The summed E-state index contributed by atoms with van der Waals surface area (Å²) in [5, 5.41) is 38.3. The number of thiocarbonyl (C=S) groups is 1. The van der Waals surface area contributed by atoms with E-state index in [2.05, 4.69) is 27.1 Å². The lowest BCUT2D eigenvalue weighted by atomic mass is 10.0. The van der Waals surface area contributed by atoms with Crippen molar-refractivity contribution >= 4 is 23.1 Å². The number of aliphatic hydroxyl groups is 4. The van der Waals surface area contributed by atoms with Gasteiger partial charge in [-0.25, -0.2) is 0 Å². The number of rotatable bonds is 1. The lowest BCUT2D eigenvalue weighted by Gasteiger charge is -2.36. The monoisotopic (exact) mass is 299 g/mol. The molecular formula is C13H17NO5S. The van der Waals surface area contributed by atoms with E-state index in [9.17, 15) is 0 Å². The van der Waals surface area contributed by atoms with E-state index in [1.807, 2.05) is 30.3 Å². The predicted molar refractivity (Wildman–Crippen MR) is 75.7 cm³/mol. The predicted octanol–water partition coefficient (Wildman–Crippen LogP) is 0.227. The normalized spacial score (nSPS) is 32.5. The summed E-state index contributed by atoms with van der Waals surface area (Å²) in [6.07, 6.45) is -5.99. The minimum Gasteiger partial charge on any atom is -0.388 e. The molecule has 20 heavy (non-hydrogen) atoms. The summed E-state index contributed by atoms with van der Waals surface area (Å²) >= 11 is 4.42. The molecule has 0 aromatic heterocycles. The second kappa shape index (κ2) is 8.18. The fraction of sp³-hybridized carbons (Fsp3) is 0.462. The van der Waals surface area contributed by atoms with Crippen LogP contribution >= 0.6 is 12.2 Å². The van der Waals surface area contributed by atoms with Crippen LogP contribution < -0.4 is 0 Å². The van der Waals surface area contributed by atoms with Gasteiger partial charge in [0.2, 0.25) is 0 Å². The van der Waals surface area contributed by atoms with Gasteiger partial charge in [-0.3, -0.25) is 0 Å². The molecule has 1 aromatic carbocycles. The molecular weight excluding hydrogens is 282 g/mol. The molecule has 1 aliphatic rings. The maximum absolute atomic E-state index is 9.09. The molecule has 1 aromatic rings. The van der Waals surface area contributed by atoms with Gasteiger partial charge in [-0.1, -0.05) is 18.2 Å². The number of benzene rings is 1. The lowest BCUT2D eigenvalue weighted by Crippen LogP contribution is -2.56. The molecule has 0 spiro atoms. The van der Waals surface area contributed by atoms with Gasteiger partial charge in [-0.15, -0.1) is 0 Å². The molecule has 110 valence electrons. The Balaban J connectivity index is 0.000000204. The van der Waals surface area contributed by atoms with E-state index in [0.29, 0.717) is 0 Å². The third kappa shape index (κ3) is 4.73. The van der Waals surface area contributed by atoms with Gasteiger partial charge in [-0.05, 0) is 31.3 Å². The van der Waals surface area contributed by atoms with Gasteiger partial charge < -0.3 is 25.2 Å². The molecule has 4 N–H and O–H groups in total. The van der Waals surface area contributed by atoms with Gasteiger partial charge >= 0.3 is 0 Å². The third-order valence-electron chi connectivity index (χ3n) is 2.76. The number of nitrogens with zero attached hydrogens (tertiary/aromatic N) is 1. The van der Waals surface area contributed by atoms with E-state index in [1.54, 1.807) is 0 Å². The fourth-order valence-electron chi connectivity index (χ4n) is 1.58. The highest BCUT2D eigenvalue weighted by atomic mass is 32.1. The molecule has 6 nitrogen and oxygen atoms in total. The highest BCUT2D eigenvalue weighted by Crippen LogP contribution is 2.18. The highest BCUT2D eigenvalue weighted by Gasteiger charge is 2.40. The Morgan fingerprint density at radius 1 is 1.05 bits per heavy atom. The number of hydrogen-bond donors (Lipinski definition) is 4. The number of hydrogen-bond acceptors (Lipinski definition) is 7. The molecule has 0 bridgehead atoms. The zero-order valence-electron chi connectivity index (χ0n) is 10.8. The van der Waals surface area contributed by atoms with Gasteiger partial charge in [-0.2, -0.15) is 4.99 Å². The van der Waals surface area contributed by atoms with Crippen LogP contribution in [0.25, 0.3) is 0 Å². The van der Waals surface area contributed by atoms with Gasteiger partial charge in [0.05, 0.1) is 17.0 Å². The van der Waals surface area contributed by atoms with Crippen LogP contribution in [0.5, 0.6) is 0 Å². The third-order valence-corrected chi connectivity index (χ3v) is 2.85. The first-order chi connectivity index (χ1) is 9.47. The molecule has 1 fully saturated rings. The van der Waals surface area contributed by atoms with E-state index in [1.165, 1.54) is 6.92 Å². The van der Waals surface area contributed by atoms with Crippen molar-refractivity contribution in [1.29, 1.82) is 0 Å². The van der Waals surface area contributed by atoms with E-state index >= 15 is 0 Å². The van der Waals surface area contributed by atoms with Crippen molar-refractivity contribution in [1.82, 2.24) is 0 Å². The molecule has 0 unspecified atom stereocenters. The van der Waals surface area contributed by atoms with Crippen molar-refractivity contribution in [2.75, 3.05) is 0 Å². The van der Waals surface area contributed by atoms with E-state index in [4.69, 9.17) is 20.4 Å². The average Bonchev–Trinajstić information content (AvgIpc) is 2.45. The maximum Gasteiger partial charge on any atom is 0.183 e. The van der Waals surface area contributed by atoms with Crippen LogP contribution in [-0.4, -0.2) is 56.3 Å². The van der Waals surface area contributed by atoms with Crippen LogP contribution in [0.2, 0.25) is 0 Å². The van der Waals surface area contributed by atoms with Crippen LogP contribution in [0.3, 0.4) is 0 Å². The molecule has 5 atom stereocenters. The molecule has 1 aliphatic heterocycles. The summed E-state index contributed by atoms with van der Waals surface area (Å²) in [6, 6.07) is 9.50. The van der Waals surface area contributed by atoms with Gasteiger partial charge in [0.1, 0.15) is 18.3 Å². The summed E-state index contributed by atoms with van der Waals surface area (Å²) in [4.78, 5) is 3.77. The molecule has 0 saturated carbocycles. The number of para-hydroxylation sites is 1. The summed E-state index contributed by atoms with van der Waals surface area (Å²) in [6.45, 7) is 1.50. The minimum atomic E-state index is -1.43. The summed E-state index contributed by atoms with van der Waals surface area (Å²) in [5.74, 6) is 0. The first-order valence-corrected chi connectivity index (χ1v) is 6.39. The quantitative estimate of drug-likeness (QED) is 0.437. The molecule has 2 rings (SSSR count). The van der Waals surface area contributed by atoms with Crippen molar-refractivity contribution in [2.24, 2.45) is 4.99 Å². The standard InChI is InChI=1S/C7H5NS.C6H12O5/c9-6-8-7-4-2-1-3-5-7;1-2-3(7)4(8)5(9)6(10)11-2/h1-5H;2-10H,1H3/t;2-,3-,4+,5+,6+/m.1/s1. The zero-order chi connectivity index (χ0) is 15.1. The van der Waals surface area contributed by atoms with Crippen LogP contribution in [0, 0.1) is 0 Å². The first kappa shape index (κ1) is 16.9. The van der Waals surface area contributed by atoms with Crippen LogP contribution in [0.1, 0.15) is 6.92 Å². The first-order valence-electron chi connectivity index (χ1n) is 5.98. The maximum atomic E-state index is 9.09. The summed E-state index contributed by atoms with van der Waals surface area (Å²) < 4.78 is 4.68. The number of aliphatic imine (C=N–C) groups is 1. The average molecular weight is 299 g/mol. The Hall–Kier alpha value is -1.18. The van der Waals surface area contributed by atoms with Crippen molar-refractivity contribution in [3.05, 3.63) is 30.3 Å². The van der Waals surface area contributed by atoms with E-state index in [-0.39, 0.29) is 0 Å². The Morgan fingerprint density at radius 3 is 2.20 bits per heavy atom. The molecule has 0 radical (unpaired) electrons. The molecule has 1 saturated heterocycles. The van der Waals surface area contributed by atoms with Crippen molar-refractivity contribution in [2.45, 2.75) is 37.6 Å². The Bertz CT molecular complexity index is 437. The van der Waals surface area contributed by atoms with Gasteiger partial charge in [0, 0.05) is 0 Å². The summed E-state index contributed by atoms with van der Waals surface area (Å²) in [7, 11) is 0. The largest absolute Gasteiger partial charge is 0.388 e. The molecule has 0 aliphatic carbocycles. The number of ether oxygens (including phenoxy) is 1. The lowest BCUT2D eigenvalue weighted by molar-refractivity contribution is -0.277. The zero-order valence-corrected chi connectivity index (χ0v) is 11.6. The Morgan fingerprint density at radius 2 is 1.65 bits per heavy atom. The Labute approximate surface area is 122 Å². The molecule has 0 amide bonds. The van der Waals surface area contributed by atoms with Crippen LogP contribution in [-0.2, 0) is 4.74 Å².